The van der Waals surface area contributed by atoms with Crippen LogP contribution in [0.3, 0.4) is 0 Å². The Labute approximate surface area is 161 Å². The molecule has 1 aliphatic rings. The first kappa shape index (κ1) is 16.5. The van der Waals surface area contributed by atoms with E-state index in [0.717, 1.165) is 29.3 Å². The Morgan fingerprint density at radius 2 is 1.78 bits per heavy atom. The second kappa shape index (κ2) is 6.48. The van der Waals surface area contributed by atoms with Gasteiger partial charge in [0.1, 0.15) is 5.82 Å². The van der Waals surface area contributed by atoms with Gasteiger partial charge in [0.15, 0.2) is 0 Å². The highest BCUT2D eigenvalue weighted by atomic mass is 32.1. The monoisotopic (exact) mass is 376 g/mol. The summed E-state index contributed by atoms with van der Waals surface area (Å²) in [4.78, 5) is 8.52. The van der Waals surface area contributed by atoms with Crippen LogP contribution >= 0.6 is 11.3 Å². The van der Waals surface area contributed by atoms with E-state index in [2.05, 4.69) is 63.5 Å². The van der Waals surface area contributed by atoms with Crippen molar-refractivity contribution >= 4 is 16.3 Å². The Morgan fingerprint density at radius 3 is 2.56 bits per heavy atom. The van der Waals surface area contributed by atoms with Crippen molar-refractivity contribution in [3.63, 3.8) is 0 Å². The maximum atomic E-state index is 10.9. The Kier molecular flexibility index (Phi) is 3.95. The number of aryl methyl sites for hydroxylation is 1. The molecule has 136 valence electrons. The topological polar surface area (TPSA) is 53.7 Å². The fourth-order valence-electron chi connectivity index (χ4n) is 3.93. The number of nitrogens with zero attached hydrogens (tertiary/aromatic N) is 4. The third-order valence-electron chi connectivity index (χ3n) is 5.19. The lowest BCUT2D eigenvalue weighted by atomic mass is 9.96. The lowest BCUT2D eigenvalue weighted by Gasteiger charge is -2.35. The molecular formula is C21H20N4OS. The number of aromatic hydroxyl groups is 1. The number of benzene rings is 2. The van der Waals surface area contributed by atoms with Crippen LogP contribution in [0.25, 0.3) is 4.96 Å². The molecule has 5 nitrogen and oxygen atoms in total. The number of hydrogen-bond donors (Lipinski definition) is 1. The van der Waals surface area contributed by atoms with E-state index >= 15 is 0 Å². The highest BCUT2D eigenvalue weighted by molar-refractivity contribution is 7.17. The molecule has 0 fully saturated rings. The van der Waals surface area contributed by atoms with Crippen molar-refractivity contribution in [1.29, 1.82) is 0 Å². The Balaban J connectivity index is 1.61. The maximum Gasteiger partial charge on any atom is 0.230 e. The van der Waals surface area contributed by atoms with Gasteiger partial charge in [-0.2, -0.15) is 4.52 Å². The van der Waals surface area contributed by atoms with Gasteiger partial charge in [-0.25, -0.2) is 4.98 Å². The van der Waals surface area contributed by atoms with E-state index in [0.29, 0.717) is 5.82 Å². The van der Waals surface area contributed by atoms with Gasteiger partial charge in [-0.1, -0.05) is 65.9 Å². The van der Waals surface area contributed by atoms with Gasteiger partial charge in [-0.3, -0.25) is 4.90 Å². The highest BCUT2D eigenvalue weighted by Crippen LogP contribution is 2.41. The Morgan fingerprint density at radius 1 is 1.04 bits per heavy atom. The minimum absolute atomic E-state index is 0.0200. The molecule has 1 aliphatic heterocycles. The molecule has 0 radical (unpaired) electrons. The molecule has 0 unspecified atom stereocenters. The first-order valence-corrected chi connectivity index (χ1v) is 9.93. The molecule has 0 bridgehead atoms. The SMILES string of the molecule is Cc1nc2sc([C@H](c3ccccc3)N3CCc4ccccc4C3)c(O)n2n1. The van der Waals surface area contributed by atoms with Crippen LogP contribution in [0, 0.1) is 6.92 Å². The van der Waals surface area contributed by atoms with Crippen LogP contribution < -0.4 is 0 Å². The van der Waals surface area contributed by atoms with Crippen molar-refractivity contribution < 1.29 is 5.11 Å². The van der Waals surface area contributed by atoms with E-state index in [4.69, 9.17) is 0 Å². The highest BCUT2D eigenvalue weighted by Gasteiger charge is 2.31. The van der Waals surface area contributed by atoms with Crippen molar-refractivity contribution in [1.82, 2.24) is 19.5 Å². The van der Waals surface area contributed by atoms with E-state index in [9.17, 15) is 5.11 Å². The third kappa shape index (κ3) is 2.81. The lowest BCUT2D eigenvalue weighted by molar-refractivity contribution is 0.205. The van der Waals surface area contributed by atoms with Crippen molar-refractivity contribution in [2.24, 2.45) is 0 Å². The fraction of sp³-hybridized carbons (Fsp3) is 0.238. The van der Waals surface area contributed by atoms with Gasteiger partial charge in [0.05, 0.1) is 10.9 Å². The van der Waals surface area contributed by atoms with Crippen LogP contribution in [0.1, 0.15) is 33.4 Å². The van der Waals surface area contributed by atoms with E-state index in [1.54, 1.807) is 4.52 Å². The zero-order valence-corrected chi connectivity index (χ0v) is 15.9. The van der Waals surface area contributed by atoms with Crippen molar-refractivity contribution in [3.8, 4) is 5.88 Å². The molecule has 0 spiro atoms. The van der Waals surface area contributed by atoms with Gasteiger partial charge in [-0.05, 0) is 30.0 Å². The predicted molar refractivity (Wildman–Crippen MR) is 106 cm³/mol. The zero-order valence-electron chi connectivity index (χ0n) is 15.0. The van der Waals surface area contributed by atoms with E-state index < -0.39 is 0 Å². The van der Waals surface area contributed by atoms with Gasteiger partial charge in [0.2, 0.25) is 10.8 Å². The van der Waals surface area contributed by atoms with Crippen LogP contribution in [0.5, 0.6) is 5.88 Å². The minimum Gasteiger partial charge on any atom is -0.492 e. The van der Waals surface area contributed by atoms with Crippen molar-refractivity contribution in [2.75, 3.05) is 6.54 Å². The van der Waals surface area contributed by atoms with Crippen LogP contribution in [-0.2, 0) is 13.0 Å². The van der Waals surface area contributed by atoms with E-state index in [1.807, 2.05) is 13.0 Å². The molecular weight excluding hydrogens is 356 g/mol. The molecule has 1 atom stereocenters. The molecule has 1 N–H and O–H groups in total. The molecule has 0 amide bonds. The molecule has 4 aromatic rings. The number of thiazole rings is 1. The number of hydrogen-bond acceptors (Lipinski definition) is 5. The van der Waals surface area contributed by atoms with Crippen molar-refractivity contribution in [2.45, 2.75) is 25.9 Å². The van der Waals surface area contributed by atoms with Crippen LogP contribution in [0.15, 0.2) is 54.6 Å². The quantitative estimate of drug-likeness (QED) is 0.588. The first-order valence-electron chi connectivity index (χ1n) is 9.11. The molecule has 27 heavy (non-hydrogen) atoms. The standard InChI is InChI=1S/C21H20N4OS/c1-14-22-21-25(23-14)20(26)19(27-21)18(16-8-3-2-4-9-16)24-12-11-15-7-5-6-10-17(15)13-24/h2-10,18,26H,11-13H2,1H3/t18-/m0/s1. The summed E-state index contributed by atoms with van der Waals surface area (Å²) >= 11 is 1.52. The average molecular weight is 376 g/mol. The molecule has 2 aromatic carbocycles. The smallest absolute Gasteiger partial charge is 0.230 e. The molecule has 0 aliphatic carbocycles. The van der Waals surface area contributed by atoms with E-state index in [-0.39, 0.29) is 11.9 Å². The van der Waals surface area contributed by atoms with Gasteiger partial charge >= 0.3 is 0 Å². The number of aromatic nitrogens is 3. The Hall–Kier alpha value is -2.70. The summed E-state index contributed by atoms with van der Waals surface area (Å²) in [6.45, 7) is 3.65. The number of fused-ring (bicyclic) bond motifs is 2. The van der Waals surface area contributed by atoms with Gasteiger partial charge < -0.3 is 5.11 Å². The number of rotatable bonds is 3. The molecule has 0 saturated carbocycles. The molecule has 3 heterocycles. The van der Waals surface area contributed by atoms with Gasteiger partial charge in [0.25, 0.3) is 0 Å². The second-order valence-electron chi connectivity index (χ2n) is 6.95. The molecule has 5 rings (SSSR count). The third-order valence-corrected chi connectivity index (χ3v) is 6.27. The summed E-state index contributed by atoms with van der Waals surface area (Å²) in [6.07, 6.45) is 1.01. The summed E-state index contributed by atoms with van der Waals surface area (Å²) in [7, 11) is 0. The summed E-state index contributed by atoms with van der Waals surface area (Å²) in [5, 5.41) is 15.2. The van der Waals surface area contributed by atoms with Crippen LogP contribution in [0.2, 0.25) is 0 Å². The van der Waals surface area contributed by atoms with Crippen molar-refractivity contribution in [3.05, 3.63) is 82.0 Å². The second-order valence-corrected chi connectivity index (χ2v) is 7.95. The van der Waals surface area contributed by atoms with Gasteiger partial charge in [-0.15, -0.1) is 5.10 Å². The summed E-state index contributed by atoms with van der Waals surface area (Å²) in [5.74, 6) is 0.870. The minimum atomic E-state index is -0.0200. The molecule has 2 aromatic heterocycles. The average Bonchev–Trinajstić information content (AvgIpc) is 3.20. The summed E-state index contributed by atoms with van der Waals surface area (Å²) < 4.78 is 1.56. The predicted octanol–water partition coefficient (Wildman–Crippen LogP) is 3.95. The maximum absolute atomic E-state index is 10.9. The van der Waals surface area contributed by atoms with Gasteiger partial charge in [0, 0.05) is 13.1 Å². The zero-order chi connectivity index (χ0) is 18.4. The van der Waals surface area contributed by atoms with Crippen LogP contribution in [0.4, 0.5) is 0 Å². The normalized spacial score (nSPS) is 15.7. The van der Waals surface area contributed by atoms with E-state index in [1.165, 1.54) is 28.0 Å². The molecule has 6 heteroatoms. The largest absolute Gasteiger partial charge is 0.492 e. The summed E-state index contributed by atoms with van der Waals surface area (Å²) in [5.41, 5.74) is 3.95. The first-order chi connectivity index (χ1) is 13.2. The van der Waals surface area contributed by atoms with Crippen LogP contribution in [-0.4, -0.2) is 31.1 Å². The lowest BCUT2D eigenvalue weighted by Crippen LogP contribution is -2.34. The fourth-order valence-corrected chi connectivity index (χ4v) is 5.09. The summed E-state index contributed by atoms with van der Waals surface area (Å²) in [6, 6.07) is 19.0. The Bertz CT molecular complexity index is 1100. The molecule has 0 saturated heterocycles.